The molecule has 0 aromatic heterocycles. The van der Waals surface area contributed by atoms with Crippen molar-refractivity contribution in [3.8, 4) is 5.75 Å². The van der Waals surface area contributed by atoms with E-state index in [2.05, 4.69) is 24.1 Å². The van der Waals surface area contributed by atoms with Gasteiger partial charge in [-0.15, -0.1) is 0 Å². The van der Waals surface area contributed by atoms with Gasteiger partial charge in [-0.25, -0.2) is 8.42 Å². The average Bonchev–Trinajstić information content (AvgIpc) is 3.15. The van der Waals surface area contributed by atoms with Crippen molar-refractivity contribution in [2.24, 2.45) is 0 Å². The molecule has 8 heteroatoms. The zero-order chi connectivity index (χ0) is 22.2. The number of rotatable bonds is 6. The Kier molecular flexibility index (Phi) is 6.37. The Balaban J connectivity index is 1.61. The van der Waals surface area contributed by atoms with Crippen LogP contribution in [0.5, 0.6) is 5.75 Å². The van der Waals surface area contributed by atoms with Crippen molar-refractivity contribution in [2.45, 2.75) is 38.8 Å². The normalized spacial score (nSPS) is 21.3. The molecule has 2 atom stereocenters. The largest absolute Gasteiger partial charge is 0.495 e. The standard InChI is InChI=1S/C23H30ClN3O3S/c1-16-14-26(15-17(2)25-16)22-13-21-19(12-23(22)30-3)8-10-27(21)31(28,29)11-9-18-6-4-5-7-20(18)24/h4-7,12-13,16-17,25H,8-11,14-15H2,1-3H3/t16-,17+. The first kappa shape index (κ1) is 22.2. The van der Waals surface area contributed by atoms with Crippen LogP contribution in [0.15, 0.2) is 36.4 Å². The molecule has 0 spiro atoms. The monoisotopic (exact) mass is 463 g/mol. The number of halogens is 1. The summed E-state index contributed by atoms with van der Waals surface area (Å²) in [5.74, 6) is 0.828. The first-order valence-electron chi connectivity index (χ1n) is 10.7. The van der Waals surface area contributed by atoms with Gasteiger partial charge < -0.3 is 15.0 Å². The Bertz CT molecular complexity index is 1050. The molecule has 0 unspecified atom stereocenters. The molecule has 0 saturated carbocycles. The van der Waals surface area contributed by atoms with Gasteiger partial charge in [-0.3, -0.25) is 4.31 Å². The predicted octanol–water partition coefficient (Wildman–Crippen LogP) is 3.47. The third-order valence-electron chi connectivity index (χ3n) is 6.05. The Hall–Kier alpha value is -1.96. The second kappa shape index (κ2) is 8.88. The molecule has 1 fully saturated rings. The van der Waals surface area contributed by atoms with Gasteiger partial charge in [0.05, 0.1) is 24.2 Å². The van der Waals surface area contributed by atoms with Gasteiger partial charge in [-0.2, -0.15) is 0 Å². The molecule has 1 saturated heterocycles. The summed E-state index contributed by atoms with van der Waals surface area (Å²) >= 11 is 6.22. The van der Waals surface area contributed by atoms with E-state index in [0.29, 0.717) is 36.5 Å². The summed E-state index contributed by atoms with van der Waals surface area (Å²) in [5.41, 5.74) is 3.59. The summed E-state index contributed by atoms with van der Waals surface area (Å²) in [6.45, 7) is 6.47. The SMILES string of the molecule is COc1cc2c(cc1N1C[C@@H](C)N[C@@H](C)C1)N(S(=O)(=O)CCc1ccccc1Cl)CC2. The number of nitrogens with zero attached hydrogens (tertiary/aromatic N) is 2. The van der Waals surface area contributed by atoms with Crippen molar-refractivity contribution < 1.29 is 13.2 Å². The molecule has 0 aliphatic carbocycles. The van der Waals surface area contributed by atoms with Gasteiger partial charge in [0.15, 0.2) is 0 Å². The topological polar surface area (TPSA) is 61.9 Å². The number of anilines is 2. The molecular weight excluding hydrogens is 434 g/mol. The first-order valence-corrected chi connectivity index (χ1v) is 12.7. The van der Waals surface area contributed by atoms with Gasteiger partial charge in [-0.05, 0) is 56.0 Å². The number of hydrogen-bond acceptors (Lipinski definition) is 5. The molecule has 2 heterocycles. The summed E-state index contributed by atoms with van der Waals surface area (Å²) in [7, 11) is -1.80. The van der Waals surface area contributed by atoms with Crippen molar-refractivity contribution in [1.82, 2.24) is 5.32 Å². The van der Waals surface area contributed by atoms with Crippen LogP contribution >= 0.6 is 11.6 Å². The Morgan fingerprint density at radius 2 is 1.84 bits per heavy atom. The van der Waals surface area contributed by atoms with Crippen LogP contribution in [0.3, 0.4) is 0 Å². The van der Waals surface area contributed by atoms with E-state index < -0.39 is 10.0 Å². The van der Waals surface area contributed by atoms with Crippen LogP contribution < -0.4 is 19.3 Å². The maximum atomic E-state index is 13.3. The number of piperazine rings is 1. The lowest BCUT2D eigenvalue weighted by Crippen LogP contribution is -2.54. The number of nitrogens with one attached hydrogen (secondary N) is 1. The molecule has 2 aliphatic heterocycles. The van der Waals surface area contributed by atoms with Crippen LogP contribution in [0, 0.1) is 0 Å². The molecule has 0 radical (unpaired) electrons. The zero-order valence-corrected chi connectivity index (χ0v) is 19.8. The van der Waals surface area contributed by atoms with E-state index in [-0.39, 0.29) is 5.75 Å². The van der Waals surface area contributed by atoms with Crippen LogP contribution in [0.1, 0.15) is 25.0 Å². The predicted molar refractivity (Wildman–Crippen MR) is 127 cm³/mol. The second-order valence-electron chi connectivity index (χ2n) is 8.51. The molecule has 2 aromatic carbocycles. The number of ether oxygens (including phenoxy) is 1. The first-order chi connectivity index (χ1) is 14.8. The van der Waals surface area contributed by atoms with E-state index >= 15 is 0 Å². The molecule has 168 valence electrons. The highest BCUT2D eigenvalue weighted by atomic mass is 35.5. The molecule has 31 heavy (non-hydrogen) atoms. The van der Waals surface area contributed by atoms with Crippen molar-refractivity contribution in [3.63, 3.8) is 0 Å². The maximum Gasteiger partial charge on any atom is 0.235 e. The second-order valence-corrected chi connectivity index (χ2v) is 10.9. The summed E-state index contributed by atoms with van der Waals surface area (Å²) in [5, 5.41) is 4.14. The quantitative estimate of drug-likeness (QED) is 0.710. The van der Waals surface area contributed by atoms with Crippen molar-refractivity contribution in [3.05, 3.63) is 52.5 Å². The minimum Gasteiger partial charge on any atom is -0.495 e. The van der Waals surface area contributed by atoms with Gasteiger partial charge in [0.1, 0.15) is 5.75 Å². The fourth-order valence-corrected chi connectivity index (χ4v) is 6.42. The van der Waals surface area contributed by atoms with E-state index in [1.54, 1.807) is 17.5 Å². The lowest BCUT2D eigenvalue weighted by molar-refractivity contribution is 0.391. The Labute approximate surface area is 190 Å². The van der Waals surface area contributed by atoms with Crippen LogP contribution in [-0.2, 0) is 22.9 Å². The van der Waals surface area contributed by atoms with E-state index in [0.717, 1.165) is 41.3 Å². The minimum absolute atomic E-state index is 0.0270. The lowest BCUT2D eigenvalue weighted by atomic mass is 10.1. The summed E-state index contributed by atoms with van der Waals surface area (Å²) in [6.07, 6.45) is 1.08. The molecular formula is C23H30ClN3O3S. The molecule has 0 bridgehead atoms. The summed E-state index contributed by atoms with van der Waals surface area (Å²) in [4.78, 5) is 2.29. The van der Waals surface area contributed by atoms with E-state index in [4.69, 9.17) is 16.3 Å². The van der Waals surface area contributed by atoms with Crippen molar-refractivity contribution >= 4 is 33.0 Å². The molecule has 2 aliphatic rings. The Morgan fingerprint density at radius 3 is 2.52 bits per heavy atom. The zero-order valence-electron chi connectivity index (χ0n) is 18.3. The van der Waals surface area contributed by atoms with Gasteiger partial charge >= 0.3 is 0 Å². The van der Waals surface area contributed by atoms with E-state index in [9.17, 15) is 8.42 Å². The van der Waals surface area contributed by atoms with Crippen LogP contribution in [0.25, 0.3) is 0 Å². The lowest BCUT2D eigenvalue weighted by Gasteiger charge is -2.38. The fourth-order valence-electron chi connectivity index (χ4n) is 4.65. The number of hydrogen-bond donors (Lipinski definition) is 1. The van der Waals surface area contributed by atoms with Crippen LogP contribution in [0.4, 0.5) is 11.4 Å². The van der Waals surface area contributed by atoms with Crippen LogP contribution in [-0.4, -0.2) is 53.0 Å². The summed E-state index contributed by atoms with van der Waals surface area (Å²) in [6, 6.07) is 12.1. The van der Waals surface area contributed by atoms with Crippen LogP contribution in [0.2, 0.25) is 5.02 Å². The third kappa shape index (κ3) is 4.64. The highest BCUT2D eigenvalue weighted by Crippen LogP contribution is 2.41. The average molecular weight is 464 g/mol. The molecule has 6 nitrogen and oxygen atoms in total. The smallest absolute Gasteiger partial charge is 0.235 e. The number of methoxy groups -OCH3 is 1. The fraction of sp³-hybridized carbons (Fsp3) is 0.478. The molecule has 2 aromatic rings. The molecule has 0 amide bonds. The summed E-state index contributed by atoms with van der Waals surface area (Å²) < 4.78 is 33.8. The number of benzene rings is 2. The minimum atomic E-state index is -3.47. The molecule has 1 N–H and O–H groups in total. The van der Waals surface area contributed by atoms with Gasteiger partial charge in [0.25, 0.3) is 0 Å². The number of fused-ring (bicyclic) bond motifs is 1. The number of sulfonamides is 1. The highest BCUT2D eigenvalue weighted by Gasteiger charge is 2.32. The highest BCUT2D eigenvalue weighted by molar-refractivity contribution is 7.92. The maximum absolute atomic E-state index is 13.3. The number of aryl methyl sites for hydroxylation is 1. The van der Waals surface area contributed by atoms with Gasteiger partial charge in [-0.1, -0.05) is 29.8 Å². The third-order valence-corrected chi connectivity index (χ3v) is 8.19. The molecule has 4 rings (SSSR count). The van der Waals surface area contributed by atoms with Gasteiger partial charge in [0, 0.05) is 36.7 Å². The Morgan fingerprint density at radius 1 is 1.13 bits per heavy atom. The van der Waals surface area contributed by atoms with E-state index in [1.807, 2.05) is 30.3 Å². The van der Waals surface area contributed by atoms with Crippen molar-refractivity contribution in [1.29, 1.82) is 0 Å². The van der Waals surface area contributed by atoms with Crippen molar-refractivity contribution in [2.75, 3.05) is 41.7 Å². The van der Waals surface area contributed by atoms with E-state index in [1.165, 1.54) is 0 Å². The van der Waals surface area contributed by atoms with Gasteiger partial charge in [0.2, 0.25) is 10.0 Å².